The molecule has 0 aromatic heterocycles. The fraction of sp³-hybridized carbons (Fsp3) is 0.909. The lowest BCUT2D eigenvalue weighted by Gasteiger charge is -2.27. The van der Waals surface area contributed by atoms with Crippen molar-refractivity contribution in [2.24, 2.45) is 0 Å². The molecule has 0 aromatic rings. The molecule has 2 bridgehead atoms. The van der Waals surface area contributed by atoms with Crippen molar-refractivity contribution in [3.63, 3.8) is 0 Å². The van der Waals surface area contributed by atoms with Crippen molar-refractivity contribution in [1.29, 1.82) is 0 Å². The number of carbonyl (C=O) groups excluding carboxylic acids is 1. The predicted octanol–water partition coefficient (Wildman–Crippen LogP) is 1.51. The van der Waals surface area contributed by atoms with Gasteiger partial charge in [0.05, 0.1) is 0 Å². The molecule has 2 rings (SSSR count). The van der Waals surface area contributed by atoms with E-state index in [9.17, 15) is 4.79 Å². The first-order chi connectivity index (χ1) is 7.33. The van der Waals surface area contributed by atoms with Gasteiger partial charge in [-0.05, 0) is 32.1 Å². The molecule has 16 heavy (non-hydrogen) atoms. The van der Waals surface area contributed by atoms with E-state index in [1.807, 2.05) is 0 Å². The van der Waals surface area contributed by atoms with Crippen LogP contribution in [0.3, 0.4) is 0 Å². The van der Waals surface area contributed by atoms with Gasteiger partial charge in [0.25, 0.3) is 0 Å². The van der Waals surface area contributed by atoms with Crippen LogP contribution in [0.4, 0.5) is 0 Å². The molecule has 1 amide bonds. The van der Waals surface area contributed by atoms with Gasteiger partial charge in [-0.25, -0.2) is 0 Å². The maximum atomic E-state index is 12.1. The van der Waals surface area contributed by atoms with E-state index in [2.05, 4.69) is 16.5 Å². The van der Waals surface area contributed by atoms with E-state index in [-0.39, 0.29) is 12.4 Å². The minimum atomic E-state index is 0. The van der Waals surface area contributed by atoms with Crippen molar-refractivity contribution in [1.82, 2.24) is 10.2 Å². The van der Waals surface area contributed by atoms with Crippen LogP contribution in [0.15, 0.2) is 0 Å². The topological polar surface area (TPSA) is 32.3 Å². The van der Waals surface area contributed by atoms with E-state index in [0.717, 1.165) is 25.3 Å². The molecule has 2 aliphatic rings. The first-order valence-corrected chi connectivity index (χ1v) is 7.23. The summed E-state index contributed by atoms with van der Waals surface area (Å²) < 4.78 is 0. The van der Waals surface area contributed by atoms with Crippen LogP contribution in [-0.2, 0) is 4.79 Å². The van der Waals surface area contributed by atoms with Crippen LogP contribution < -0.4 is 5.32 Å². The molecule has 0 radical (unpaired) electrons. The second kappa shape index (κ2) is 6.72. The number of hydrogen-bond donors (Lipinski definition) is 1. The monoisotopic (exact) mass is 264 g/mol. The number of rotatable bonds is 3. The van der Waals surface area contributed by atoms with Crippen LogP contribution in [0.2, 0.25) is 0 Å². The van der Waals surface area contributed by atoms with Crippen LogP contribution in [-0.4, -0.2) is 48.0 Å². The summed E-state index contributed by atoms with van der Waals surface area (Å²) in [5.74, 6) is 1.34. The van der Waals surface area contributed by atoms with E-state index >= 15 is 0 Å². The highest BCUT2D eigenvalue weighted by Crippen LogP contribution is 2.28. The highest BCUT2D eigenvalue weighted by Gasteiger charge is 2.37. The number of amides is 1. The number of nitrogens with one attached hydrogen (secondary N) is 1. The number of hydrogen-bond acceptors (Lipinski definition) is 3. The summed E-state index contributed by atoms with van der Waals surface area (Å²) in [6.45, 7) is 2.08. The third kappa shape index (κ3) is 3.05. The molecule has 5 heteroatoms. The summed E-state index contributed by atoms with van der Waals surface area (Å²) >= 11 is 1.76. The van der Waals surface area contributed by atoms with Gasteiger partial charge in [-0.2, -0.15) is 11.8 Å². The molecule has 0 aromatic carbocycles. The lowest BCUT2D eigenvalue weighted by atomic mass is 10.1. The van der Waals surface area contributed by atoms with Gasteiger partial charge >= 0.3 is 0 Å². The standard InChI is InChI=1S/C11H20N2OS.ClH/c1-15-7-5-11(14)13-9-2-3-10(13)8-12-6-4-9;/h9-10,12H,2-8H2,1H3;1H. The Labute approximate surface area is 108 Å². The molecular formula is C11H21ClN2OS. The summed E-state index contributed by atoms with van der Waals surface area (Å²) in [4.78, 5) is 14.2. The molecule has 0 aliphatic carbocycles. The third-order valence-corrected chi connectivity index (χ3v) is 4.07. The first-order valence-electron chi connectivity index (χ1n) is 5.83. The minimum absolute atomic E-state index is 0. The van der Waals surface area contributed by atoms with Gasteiger partial charge in [-0.15, -0.1) is 12.4 Å². The number of carbonyl (C=O) groups is 1. The quantitative estimate of drug-likeness (QED) is 0.839. The summed E-state index contributed by atoms with van der Waals surface area (Å²) in [6, 6.07) is 1.01. The van der Waals surface area contributed by atoms with Crippen molar-refractivity contribution in [2.75, 3.05) is 25.1 Å². The third-order valence-electron chi connectivity index (χ3n) is 3.46. The highest BCUT2D eigenvalue weighted by molar-refractivity contribution is 7.98. The summed E-state index contributed by atoms with van der Waals surface area (Å²) in [5.41, 5.74) is 0. The van der Waals surface area contributed by atoms with Gasteiger partial charge in [0.1, 0.15) is 0 Å². The van der Waals surface area contributed by atoms with Crippen LogP contribution >= 0.6 is 24.2 Å². The highest BCUT2D eigenvalue weighted by atomic mass is 35.5. The number of thioether (sulfide) groups is 1. The zero-order valence-corrected chi connectivity index (χ0v) is 11.4. The van der Waals surface area contributed by atoms with Crippen molar-refractivity contribution >= 4 is 30.1 Å². The van der Waals surface area contributed by atoms with Crippen molar-refractivity contribution in [3.05, 3.63) is 0 Å². The van der Waals surface area contributed by atoms with Gasteiger partial charge in [0, 0.05) is 30.8 Å². The molecule has 2 fully saturated rings. The molecule has 2 atom stereocenters. The molecule has 2 saturated heterocycles. The van der Waals surface area contributed by atoms with E-state index in [1.165, 1.54) is 12.8 Å². The molecule has 2 unspecified atom stereocenters. The van der Waals surface area contributed by atoms with Crippen LogP contribution in [0, 0.1) is 0 Å². The Kier molecular flexibility index (Phi) is 5.94. The molecule has 0 spiro atoms. The SMILES string of the molecule is CSCCC(=O)N1C2CCNCC1CC2.Cl. The summed E-state index contributed by atoms with van der Waals surface area (Å²) in [6.07, 6.45) is 6.33. The normalized spacial score (nSPS) is 28.4. The van der Waals surface area contributed by atoms with Gasteiger partial charge in [-0.3, -0.25) is 4.79 Å². The molecule has 2 heterocycles. The van der Waals surface area contributed by atoms with E-state index in [1.54, 1.807) is 11.8 Å². The summed E-state index contributed by atoms with van der Waals surface area (Å²) in [7, 11) is 0. The van der Waals surface area contributed by atoms with Gasteiger partial charge in [0.15, 0.2) is 0 Å². The lowest BCUT2D eigenvalue weighted by molar-refractivity contribution is -0.133. The molecular weight excluding hydrogens is 244 g/mol. The maximum Gasteiger partial charge on any atom is 0.223 e. The number of nitrogens with zero attached hydrogens (tertiary/aromatic N) is 1. The first kappa shape index (κ1) is 14.1. The number of fused-ring (bicyclic) bond motifs is 2. The Morgan fingerprint density at radius 3 is 2.88 bits per heavy atom. The predicted molar refractivity (Wildman–Crippen MR) is 71.4 cm³/mol. The van der Waals surface area contributed by atoms with Crippen LogP contribution in [0.5, 0.6) is 0 Å². The van der Waals surface area contributed by atoms with Gasteiger partial charge in [0.2, 0.25) is 5.91 Å². The van der Waals surface area contributed by atoms with Crippen LogP contribution in [0.1, 0.15) is 25.7 Å². The summed E-state index contributed by atoms with van der Waals surface area (Å²) in [5, 5.41) is 3.42. The zero-order valence-electron chi connectivity index (χ0n) is 9.78. The fourth-order valence-electron chi connectivity index (χ4n) is 2.71. The minimum Gasteiger partial charge on any atom is -0.335 e. The second-order valence-corrected chi connectivity index (χ2v) is 5.41. The van der Waals surface area contributed by atoms with Crippen molar-refractivity contribution in [2.45, 2.75) is 37.8 Å². The van der Waals surface area contributed by atoms with E-state index < -0.39 is 0 Å². The van der Waals surface area contributed by atoms with Crippen molar-refractivity contribution < 1.29 is 4.79 Å². The number of halogens is 1. The molecule has 94 valence electrons. The maximum absolute atomic E-state index is 12.1. The van der Waals surface area contributed by atoms with E-state index in [0.29, 0.717) is 24.4 Å². The molecule has 3 nitrogen and oxygen atoms in total. The molecule has 0 saturated carbocycles. The van der Waals surface area contributed by atoms with Crippen LogP contribution in [0.25, 0.3) is 0 Å². The van der Waals surface area contributed by atoms with E-state index in [4.69, 9.17) is 0 Å². The lowest BCUT2D eigenvalue weighted by Crippen LogP contribution is -2.42. The van der Waals surface area contributed by atoms with Gasteiger partial charge < -0.3 is 10.2 Å². The Balaban J connectivity index is 0.00000128. The Morgan fingerprint density at radius 1 is 1.38 bits per heavy atom. The fourth-order valence-corrected chi connectivity index (χ4v) is 3.09. The van der Waals surface area contributed by atoms with Crippen molar-refractivity contribution in [3.8, 4) is 0 Å². The average molecular weight is 265 g/mol. The average Bonchev–Trinajstić information content (AvgIpc) is 2.49. The molecule has 1 N–H and O–H groups in total. The largest absolute Gasteiger partial charge is 0.335 e. The second-order valence-electron chi connectivity index (χ2n) is 4.42. The Morgan fingerprint density at radius 2 is 2.12 bits per heavy atom. The Hall–Kier alpha value is 0.0700. The zero-order chi connectivity index (χ0) is 10.7. The van der Waals surface area contributed by atoms with Gasteiger partial charge in [-0.1, -0.05) is 0 Å². The smallest absolute Gasteiger partial charge is 0.223 e. The Bertz CT molecular complexity index is 226. The molecule has 2 aliphatic heterocycles.